The molecule has 0 amide bonds. The first-order chi connectivity index (χ1) is 4.86. The Morgan fingerprint density at radius 1 is 1.50 bits per heavy atom. The van der Waals surface area contributed by atoms with Crippen molar-refractivity contribution in [3.8, 4) is 0 Å². The van der Waals surface area contributed by atoms with E-state index in [9.17, 15) is 0 Å². The van der Waals surface area contributed by atoms with E-state index in [1.807, 2.05) is 6.21 Å². The normalized spacial score (nSPS) is 40.1. The zero-order chi connectivity index (χ0) is 6.97. The molecule has 2 aliphatic rings. The maximum absolute atomic E-state index is 5.66. The Bertz CT molecular complexity index is 151. The van der Waals surface area contributed by atoms with Crippen LogP contribution in [0.5, 0.6) is 0 Å². The third-order valence-corrected chi connectivity index (χ3v) is 2.09. The Labute approximate surface area is 61.3 Å². The van der Waals surface area contributed by atoms with Gasteiger partial charge >= 0.3 is 0 Å². The number of nitrogens with zero attached hydrogens (tertiary/aromatic N) is 1. The second kappa shape index (κ2) is 2.35. The highest BCUT2D eigenvalue weighted by Crippen LogP contribution is 2.34. The highest BCUT2D eigenvalue weighted by Gasteiger charge is 2.33. The summed E-state index contributed by atoms with van der Waals surface area (Å²) in [4.78, 5) is 4.25. The van der Waals surface area contributed by atoms with Crippen LogP contribution in [-0.4, -0.2) is 25.0 Å². The van der Waals surface area contributed by atoms with Gasteiger partial charge in [0.2, 0.25) is 0 Å². The largest absolute Gasteiger partial charge is 0.367 e. The van der Waals surface area contributed by atoms with Crippen LogP contribution in [0.15, 0.2) is 4.99 Å². The van der Waals surface area contributed by atoms with Gasteiger partial charge in [-0.05, 0) is 25.7 Å². The quantitative estimate of drug-likeness (QED) is 0.536. The zero-order valence-corrected chi connectivity index (χ0v) is 6.29. The van der Waals surface area contributed by atoms with Gasteiger partial charge in [0.1, 0.15) is 0 Å². The minimum atomic E-state index is 0.343. The fraction of sp³-hybridized carbons (Fsp3) is 0.875. The predicted octanol–water partition coefficient (Wildman–Crippen LogP) is 1.25. The lowest BCUT2D eigenvalue weighted by atomic mass is 10.2. The molecule has 2 nitrogen and oxygen atoms in total. The van der Waals surface area contributed by atoms with Crippen molar-refractivity contribution in [1.29, 1.82) is 0 Å². The summed E-state index contributed by atoms with van der Waals surface area (Å²) < 4.78 is 5.66. The molecule has 2 heteroatoms. The molecule has 0 radical (unpaired) electrons. The SMILES string of the molecule is C[C@H]1CN=CC(C2CC2)O1. The van der Waals surface area contributed by atoms with E-state index in [1.54, 1.807) is 0 Å². The van der Waals surface area contributed by atoms with Gasteiger partial charge in [-0.25, -0.2) is 0 Å². The van der Waals surface area contributed by atoms with Crippen molar-refractivity contribution in [1.82, 2.24) is 0 Å². The molecule has 1 fully saturated rings. The highest BCUT2D eigenvalue weighted by atomic mass is 16.5. The fourth-order valence-electron chi connectivity index (χ4n) is 1.32. The molecule has 0 N–H and O–H groups in total. The predicted molar refractivity (Wildman–Crippen MR) is 40.4 cm³/mol. The molecule has 2 rings (SSSR count). The van der Waals surface area contributed by atoms with Crippen LogP contribution in [0.1, 0.15) is 19.8 Å². The Hall–Kier alpha value is -0.370. The topological polar surface area (TPSA) is 21.6 Å². The number of hydrogen-bond acceptors (Lipinski definition) is 2. The van der Waals surface area contributed by atoms with Gasteiger partial charge in [0, 0.05) is 6.21 Å². The Morgan fingerprint density at radius 3 is 2.90 bits per heavy atom. The fourth-order valence-corrected chi connectivity index (χ4v) is 1.32. The van der Waals surface area contributed by atoms with Crippen LogP contribution in [0.4, 0.5) is 0 Å². The van der Waals surface area contributed by atoms with Crippen molar-refractivity contribution in [3.05, 3.63) is 0 Å². The smallest absolute Gasteiger partial charge is 0.0954 e. The van der Waals surface area contributed by atoms with Gasteiger partial charge in [0.05, 0.1) is 18.8 Å². The summed E-state index contributed by atoms with van der Waals surface area (Å²) in [5.41, 5.74) is 0. The molecule has 1 aliphatic carbocycles. The molecular formula is C8H13NO. The Balaban J connectivity index is 1.95. The molecule has 0 saturated heterocycles. The minimum Gasteiger partial charge on any atom is -0.367 e. The maximum atomic E-state index is 5.66. The second-order valence-corrected chi connectivity index (χ2v) is 3.26. The Kier molecular flexibility index (Phi) is 1.49. The molecule has 56 valence electrons. The van der Waals surface area contributed by atoms with Crippen LogP contribution in [0.3, 0.4) is 0 Å². The molecule has 0 bridgehead atoms. The van der Waals surface area contributed by atoms with E-state index in [-0.39, 0.29) is 0 Å². The summed E-state index contributed by atoms with van der Waals surface area (Å²) in [6.07, 6.45) is 5.35. The van der Waals surface area contributed by atoms with E-state index in [0.29, 0.717) is 12.2 Å². The second-order valence-electron chi connectivity index (χ2n) is 3.26. The molecule has 10 heavy (non-hydrogen) atoms. The molecule has 0 aromatic heterocycles. The van der Waals surface area contributed by atoms with Crippen molar-refractivity contribution < 1.29 is 4.74 Å². The average molecular weight is 139 g/mol. The molecular weight excluding hydrogens is 126 g/mol. The molecule has 0 aromatic rings. The van der Waals surface area contributed by atoms with Gasteiger partial charge in [0.15, 0.2) is 0 Å². The van der Waals surface area contributed by atoms with Gasteiger partial charge < -0.3 is 4.74 Å². The number of aliphatic imine (C=N–C) groups is 1. The lowest BCUT2D eigenvalue weighted by Crippen LogP contribution is -2.29. The Morgan fingerprint density at radius 2 is 2.30 bits per heavy atom. The van der Waals surface area contributed by atoms with Crippen LogP contribution in [-0.2, 0) is 4.74 Å². The standard InChI is InChI=1S/C8H13NO/c1-6-4-9-5-8(10-6)7-2-3-7/h5-8H,2-4H2,1H3/t6-,8?/m0/s1. The van der Waals surface area contributed by atoms with Crippen molar-refractivity contribution in [3.63, 3.8) is 0 Å². The van der Waals surface area contributed by atoms with E-state index >= 15 is 0 Å². The van der Waals surface area contributed by atoms with E-state index in [4.69, 9.17) is 4.74 Å². The summed E-state index contributed by atoms with van der Waals surface area (Å²) in [6, 6.07) is 0. The van der Waals surface area contributed by atoms with Crippen LogP contribution >= 0.6 is 0 Å². The van der Waals surface area contributed by atoms with Gasteiger partial charge in [-0.2, -0.15) is 0 Å². The summed E-state index contributed by atoms with van der Waals surface area (Å²) in [6.45, 7) is 2.94. The van der Waals surface area contributed by atoms with E-state index < -0.39 is 0 Å². The van der Waals surface area contributed by atoms with Crippen molar-refractivity contribution in [2.45, 2.75) is 32.0 Å². The highest BCUT2D eigenvalue weighted by molar-refractivity contribution is 5.64. The van der Waals surface area contributed by atoms with Crippen molar-refractivity contribution >= 4 is 6.21 Å². The number of hydrogen-bond donors (Lipinski definition) is 0. The van der Waals surface area contributed by atoms with E-state index in [0.717, 1.165) is 12.5 Å². The van der Waals surface area contributed by atoms with Gasteiger partial charge in [0.25, 0.3) is 0 Å². The maximum Gasteiger partial charge on any atom is 0.0954 e. The molecule has 1 aliphatic heterocycles. The van der Waals surface area contributed by atoms with Gasteiger partial charge in [-0.15, -0.1) is 0 Å². The molecule has 0 spiro atoms. The summed E-state index contributed by atoms with van der Waals surface area (Å²) in [5, 5.41) is 0. The van der Waals surface area contributed by atoms with E-state index in [2.05, 4.69) is 11.9 Å². The van der Waals surface area contributed by atoms with Crippen molar-refractivity contribution in [2.75, 3.05) is 6.54 Å². The number of rotatable bonds is 1. The first kappa shape index (κ1) is 6.35. The summed E-state index contributed by atoms with van der Waals surface area (Å²) >= 11 is 0. The molecule has 0 aromatic carbocycles. The molecule has 2 atom stereocenters. The van der Waals surface area contributed by atoms with Crippen LogP contribution in [0.2, 0.25) is 0 Å². The first-order valence-electron chi connectivity index (χ1n) is 4.01. The summed E-state index contributed by atoms with van der Waals surface area (Å²) in [7, 11) is 0. The van der Waals surface area contributed by atoms with Gasteiger partial charge in [-0.1, -0.05) is 0 Å². The van der Waals surface area contributed by atoms with Crippen LogP contribution in [0.25, 0.3) is 0 Å². The van der Waals surface area contributed by atoms with E-state index in [1.165, 1.54) is 12.8 Å². The molecule has 1 heterocycles. The third kappa shape index (κ3) is 1.21. The number of ether oxygens (including phenoxy) is 1. The average Bonchev–Trinajstić information content (AvgIpc) is 2.68. The summed E-state index contributed by atoms with van der Waals surface area (Å²) in [5.74, 6) is 0.798. The monoisotopic (exact) mass is 139 g/mol. The first-order valence-corrected chi connectivity index (χ1v) is 4.01. The van der Waals surface area contributed by atoms with Crippen LogP contribution in [0, 0.1) is 5.92 Å². The lowest BCUT2D eigenvalue weighted by molar-refractivity contribution is 0.0239. The van der Waals surface area contributed by atoms with Gasteiger partial charge in [-0.3, -0.25) is 4.99 Å². The lowest BCUT2D eigenvalue weighted by Gasteiger charge is -2.21. The minimum absolute atomic E-state index is 0.343. The van der Waals surface area contributed by atoms with Crippen LogP contribution < -0.4 is 0 Å². The molecule has 1 saturated carbocycles. The van der Waals surface area contributed by atoms with Crippen molar-refractivity contribution in [2.24, 2.45) is 10.9 Å². The third-order valence-electron chi connectivity index (χ3n) is 2.09. The molecule has 1 unspecified atom stereocenters. The zero-order valence-electron chi connectivity index (χ0n) is 6.29.